The molecule has 172 valence electrons. The van der Waals surface area contributed by atoms with Crippen molar-refractivity contribution in [3.8, 4) is 17.6 Å². The highest BCUT2D eigenvalue weighted by Gasteiger charge is 2.16. The van der Waals surface area contributed by atoms with E-state index in [9.17, 15) is 19.6 Å². The number of halogens is 1. The minimum absolute atomic E-state index is 0.148. The van der Waals surface area contributed by atoms with Crippen LogP contribution in [0.5, 0.6) is 11.5 Å². The molecule has 0 saturated carbocycles. The Bertz CT molecular complexity index is 1110. The van der Waals surface area contributed by atoms with Crippen LogP contribution in [0.4, 0.5) is 5.69 Å². The van der Waals surface area contributed by atoms with Crippen molar-refractivity contribution in [2.24, 2.45) is 0 Å². The molecule has 0 heterocycles. The van der Waals surface area contributed by atoms with E-state index in [0.717, 1.165) is 0 Å². The zero-order valence-electron chi connectivity index (χ0n) is 18.1. The lowest BCUT2D eigenvalue weighted by molar-refractivity contribution is -0.145. The smallest absolute Gasteiger partial charge is 0.344 e. The fraction of sp³-hybridized carbons (Fsp3) is 0.217. The molecule has 1 amide bonds. The summed E-state index contributed by atoms with van der Waals surface area (Å²) >= 11 is 2.00. The van der Waals surface area contributed by atoms with Gasteiger partial charge in [-0.25, -0.2) is 9.59 Å². The Balaban J connectivity index is 2.21. The first-order chi connectivity index (χ1) is 15.8. The van der Waals surface area contributed by atoms with Crippen LogP contribution in [-0.4, -0.2) is 45.3 Å². The van der Waals surface area contributed by atoms with E-state index in [1.165, 1.54) is 44.6 Å². The van der Waals surface area contributed by atoms with Crippen LogP contribution in [0.25, 0.3) is 6.08 Å². The Morgan fingerprint density at radius 3 is 2.42 bits per heavy atom. The number of carbonyl (C=O) groups excluding carboxylic acids is 3. The predicted octanol–water partition coefficient (Wildman–Crippen LogP) is 3.57. The van der Waals surface area contributed by atoms with Gasteiger partial charge in [-0.1, -0.05) is 0 Å². The number of rotatable bonds is 9. The Morgan fingerprint density at radius 1 is 1.15 bits per heavy atom. The number of carbonyl (C=O) groups is 3. The van der Waals surface area contributed by atoms with E-state index in [-0.39, 0.29) is 18.8 Å². The number of nitrogens with one attached hydrogen (secondary N) is 1. The first-order valence-corrected chi connectivity index (χ1v) is 10.7. The van der Waals surface area contributed by atoms with E-state index < -0.39 is 17.8 Å². The maximum atomic E-state index is 12.6. The molecule has 2 aromatic rings. The summed E-state index contributed by atoms with van der Waals surface area (Å²) in [6.07, 6.45) is 1.40. The molecular weight excluding hydrogens is 543 g/mol. The van der Waals surface area contributed by atoms with Crippen LogP contribution in [0.1, 0.15) is 22.8 Å². The van der Waals surface area contributed by atoms with Crippen molar-refractivity contribution in [3.05, 3.63) is 56.7 Å². The van der Waals surface area contributed by atoms with Crippen molar-refractivity contribution < 1.29 is 33.3 Å². The molecule has 0 radical (unpaired) electrons. The zero-order valence-corrected chi connectivity index (χ0v) is 20.3. The van der Waals surface area contributed by atoms with Gasteiger partial charge in [0.25, 0.3) is 5.91 Å². The first kappa shape index (κ1) is 25.7. The number of hydrogen-bond donors (Lipinski definition) is 1. The highest BCUT2D eigenvalue weighted by Crippen LogP contribution is 2.34. The third kappa shape index (κ3) is 7.21. The Labute approximate surface area is 204 Å². The van der Waals surface area contributed by atoms with Crippen LogP contribution >= 0.6 is 22.6 Å². The number of ether oxygens (including phenoxy) is 4. The van der Waals surface area contributed by atoms with Gasteiger partial charge in [-0.15, -0.1) is 0 Å². The van der Waals surface area contributed by atoms with Gasteiger partial charge in [0.15, 0.2) is 18.1 Å². The molecule has 2 rings (SSSR count). The summed E-state index contributed by atoms with van der Waals surface area (Å²) in [4.78, 5) is 35.6. The maximum absolute atomic E-state index is 12.6. The quantitative estimate of drug-likeness (QED) is 0.212. The number of amides is 1. The van der Waals surface area contributed by atoms with Crippen molar-refractivity contribution in [2.75, 3.05) is 32.8 Å². The molecule has 0 unspecified atom stereocenters. The summed E-state index contributed by atoms with van der Waals surface area (Å²) in [5, 5.41) is 12.1. The van der Waals surface area contributed by atoms with Gasteiger partial charge in [0.05, 0.1) is 30.0 Å². The average molecular weight is 564 g/mol. The maximum Gasteiger partial charge on any atom is 0.344 e. The summed E-state index contributed by atoms with van der Waals surface area (Å²) in [6.45, 7) is 1.66. The topological polar surface area (TPSA) is 124 Å². The molecule has 9 nitrogen and oxygen atoms in total. The molecule has 10 heteroatoms. The van der Waals surface area contributed by atoms with Crippen LogP contribution in [0.3, 0.4) is 0 Å². The lowest BCUT2D eigenvalue weighted by Gasteiger charge is -2.13. The van der Waals surface area contributed by atoms with Crippen molar-refractivity contribution >= 4 is 52.2 Å². The monoisotopic (exact) mass is 564 g/mol. The van der Waals surface area contributed by atoms with E-state index in [4.69, 9.17) is 14.2 Å². The molecule has 1 N–H and O–H groups in total. The molecule has 0 saturated heterocycles. The van der Waals surface area contributed by atoms with Crippen molar-refractivity contribution in [1.82, 2.24) is 0 Å². The molecule has 0 aliphatic heterocycles. The molecule has 2 aromatic carbocycles. The van der Waals surface area contributed by atoms with Gasteiger partial charge in [0.1, 0.15) is 11.6 Å². The first-order valence-electron chi connectivity index (χ1n) is 9.60. The van der Waals surface area contributed by atoms with Crippen molar-refractivity contribution in [3.63, 3.8) is 0 Å². The average Bonchev–Trinajstić information content (AvgIpc) is 2.81. The van der Waals surface area contributed by atoms with E-state index >= 15 is 0 Å². The number of nitrogens with zero attached hydrogens (tertiary/aromatic N) is 1. The summed E-state index contributed by atoms with van der Waals surface area (Å²) in [5.41, 5.74) is 1.11. The lowest BCUT2D eigenvalue weighted by atomic mass is 10.1. The molecular formula is C23H21IN2O7. The van der Waals surface area contributed by atoms with E-state index in [0.29, 0.717) is 31.9 Å². The molecule has 0 spiro atoms. The van der Waals surface area contributed by atoms with Crippen molar-refractivity contribution in [1.29, 1.82) is 5.26 Å². The van der Waals surface area contributed by atoms with E-state index in [2.05, 4.69) is 10.1 Å². The SMILES string of the molecule is CCOC(=O)COc1c(I)cc(/C=C(\C#N)C(=O)Nc2ccc(C(=O)OC)cc2)cc1OC. The summed E-state index contributed by atoms with van der Waals surface area (Å²) in [6, 6.07) is 11.2. The Kier molecular flexibility index (Phi) is 9.68. The molecule has 0 aromatic heterocycles. The van der Waals surface area contributed by atoms with Gasteiger partial charge < -0.3 is 24.3 Å². The number of hydrogen-bond acceptors (Lipinski definition) is 8. The van der Waals surface area contributed by atoms with Gasteiger partial charge in [0, 0.05) is 5.69 Å². The summed E-state index contributed by atoms with van der Waals surface area (Å²) < 4.78 is 20.9. The van der Waals surface area contributed by atoms with Crippen LogP contribution in [0.2, 0.25) is 0 Å². The number of benzene rings is 2. The zero-order chi connectivity index (χ0) is 24.4. The van der Waals surface area contributed by atoms with Gasteiger partial charge in [0.2, 0.25) is 0 Å². The largest absolute Gasteiger partial charge is 0.493 e. The third-order valence-electron chi connectivity index (χ3n) is 4.13. The van der Waals surface area contributed by atoms with Gasteiger partial charge in [-0.05, 0) is 77.6 Å². The molecule has 0 bridgehead atoms. The lowest BCUT2D eigenvalue weighted by Crippen LogP contribution is -2.15. The number of esters is 2. The standard InChI is InChI=1S/C23H21IN2O7/c1-4-32-20(27)13-33-21-18(24)10-14(11-19(21)30-2)9-16(12-25)22(28)26-17-7-5-15(6-8-17)23(29)31-3/h5-11H,4,13H2,1-3H3,(H,26,28)/b16-9+. The minimum Gasteiger partial charge on any atom is -0.493 e. The van der Waals surface area contributed by atoms with E-state index in [1.807, 2.05) is 28.7 Å². The van der Waals surface area contributed by atoms with Crippen LogP contribution in [0, 0.1) is 14.9 Å². The Morgan fingerprint density at radius 2 is 1.85 bits per heavy atom. The van der Waals surface area contributed by atoms with Gasteiger partial charge in [-0.2, -0.15) is 5.26 Å². The Hall–Kier alpha value is -3.59. The number of nitriles is 1. The normalized spacial score (nSPS) is 10.6. The number of methoxy groups -OCH3 is 2. The number of anilines is 1. The minimum atomic E-state index is -0.625. The summed E-state index contributed by atoms with van der Waals surface area (Å²) in [5.74, 6) is -0.962. The van der Waals surface area contributed by atoms with Crippen LogP contribution in [-0.2, 0) is 19.1 Å². The van der Waals surface area contributed by atoms with E-state index in [1.54, 1.807) is 19.1 Å². The molecule has 0 aliphatic carbocycles. The molecule has 0 atom stereocenters. The fourth-order valence-electron chi connectivity index (χ4n) is 2.62. The van der Waals surface area contributed by atoms with Crippen LogP contribution in [0.15, 0.2) is 42.0 Å². The van der Waals surface area contributed by atoms with Crippen LogP contribution < -0.4 is 14.8 Å². The second-order valence-corrected chi connectivity index (χ2v) is 7.48. The van der Waals surface area contributed by atoms with Gasteiger partial charge in [-0.3, -0.25) is 4.79 Å². The van der Waals surface area contributed by atoms with Gasteiger partial charge >= 0.3 is 11.9 Å². The third-order valence-corrected chi connectivity index (χ3v) is 4.93. The highest BCUT2D eigenvalue weighted by atomic mass is 127. The van der Waals surface area contributed by atoms with Crippen molar-refractivity contribution in [2.45, 2.75) is 6.92 Å². The fourth-order valence-corrected chi connectivity index (χ4v) is 3.40. The highest BCUT2D eigenvalue weighted by molar-refractivity contribution is 14.1. The second-order valence-electron chi connectivity index (χ2n) is 6.32. The summed E-state index contributed by atoms with van der Waals surface area (Å²) in [7, 11) is 2.71. The predicted molar refractivity (Wildman–Crippen MR) is 128 cm³/mol. The molecule has 33 heavy (non-hydrogen) atoms. The molecule has 0 fully saturated rings. The molecule has 0 aliphatic rings. The second kappa shape index (κ2) is 12.4.